The largest absolute Gasteiger partial charge is 0.392 e. The van der Waals surface area contributed by atoms with Gasteiger partial charge in [-0.2, -0.15) is 0 Å². The molecule has 2 unspecified atom stereocenters. The van der Waals surface area contributed by atoms with Crippen LogP contribution < -0.4 is 5.32 Å². The number of hydrogen-bond donors (Lipinski definition) is 3. The third-order valence-corrected chi connectivity index (χ3v) is 5.05. The SMILES string of the molecule is O=C(NCC1CC(O)CN1Cc1ccccc1)c1ccc2cc[nH]c2c1. The molecule has 5 heteroatoms. The van der Waals surface area contributed by atoms with E-state index in [2.05, 4.69) is 27.3 Å². The van der Waals surface area contributed by atoms with Gasteiger partial charge >= 0.3 is 0 Å². The molecule has 1 fully saturated rings. The predicted molar refractivity (Wildman–Crippen MR) is 102 cm³/mol. The average molecular weight is 349 g/mol. The van der Waals surface area contributed by atoms with Crippen LogP contribution in [0.15, 0.2) is 60.8 Å². The molecule has 3 aromatic rings. The molecule has 1 aliphatic heterocycles. The van der Waals surface area contributed by atoms with E-state index in [9.17, 15) is 9.90 Å². The Balaban J connectivity index is 1.39. The van der Waals surface area contributed by atoms with Gasteiger partial charge in [-0.1, -0.05) is 36.4 Å². The molecule has 1 aliphatic rings. The number of aliphatic hydroxyl groups excluding tert-OH is 1. The van der Waals surface area contributed by atoms with E-state index in [1.54, 1.807) is 0 Å². The van der Waals surface area contributed by atoms with Crippen molar-refractivity contribution in [1.29, 1.82) is 0 Å². The quantitative estimate of drug-likeness (QED) is 0.663. The summed E-state index contributed by atoms with van der Waals surface area (Å²) in [4.78, 5) is 17.9. The Labute approximate surface area is 152 Å². The Morgan fingerprint density at radius 1 is 1.19 bits per heavy atom. The van der Waals surface area contributed by atoms with Crippen LogP contribution in [0.4, 0.5) is 0 Å². The van der Waals surface area contributed by atoms with Crippen molar-refractivity contribution >= 4 is 16.8 Å². The van der Waals surface area contributed by atoms with Crippen LogP contribution >= 0.6 is 0 Å². The Bertz CT molecular complexity index is 890. The van der Waals surface area contributed by atoms with Crippen LogP contribution in [0.1, 0.15) is 22.3 Å². The van der Waals surface area contributed by atoms with Crippen LogP contribution in [0.25, 0.3) is 10.9 Å². The van der Waals surface area contributed by atoms with Crippen molar-refractivity contribution in [2.45, 2.75) is 25.1 Å². The van der Waals surface area contributed by atoms with E-state index >= 15 is 0 Å². The monoisotopic (exact) mass is 349 g/mol. The van der Waals surface area contributed by atoms with Gasteiger partial charge in [0.25, 0.3) is 5.91 Å². The molecule has 2 aromatic carbocycles. The number of nitrogens with zero attached hydrogens (tertiary/aromatic N) is 1. The third kappa shape index (κ3) is 3.64. The molecule has 2 heterocycles. The van der Waals surface area contributed by atoms with Gasteiger partial charge in [0.1, 0.15) is 0 Å². The maximum absolute atomic E-state index is 12.5. The zero-order chi connectivity index (χ0) is 17.9. The second-order valence-electron chi connectivity index (χ2n) is 6.95. The molecule has 3 N–H and O–H groups in total. The number of carbonyl (C=O) groups excluding carboxylic acids is 1. The summed E-state index contributed by atoms with van der Waals surface area (Å²) in [7, 11) is 0. The number of rotatable bonds is 5. The van der Waals surface area contributed by atoms with E-state index in [-0.39, 0.29) is 18.1 Å². The van der Waals surface area contributed by atoms with E-state index in [0.717, 1.165) is 17.4 Å². The van der Waals surface area contributed by atoms with Crippen molar-refractivity contribution in [2.24, 2.45) is 0 Å². The fraction of sp³-hybridized carbons (Fsp3) is 0.286. The molecule has 0 aliphatic carbocycles. The molecule has 1 saturated heterocycles. The fourth-order valence-electron chi connectivity index (χ4n) is 3.68. The number of β-amino-alcohol motifs (C(OH)–C–C–N with tert-alkyl or cyclic N) is 1. The van der Waals surface area contributed by atoms with Crippen LogP contribution in [-0.2, 0) is 6.54 Å². The van der Waals surface area contributed by atoms with Crippen molar-refractivity contribution in [1.82, 2.24) is 15.2 Å². The first-order valence-corrected chi connectivity index (χ1v) is 9.00. The van der Waals surface area contributed by atoms with Crippen molar-refractivity contribution in [3.63, 3.8) is 0 Å². The Hall–Kier alpha value is -2.63. The first-order valence-electron chi connectivity index (χ1n) is 9.00. The minimum Gasteiger partial charge on any atom is -0.392 e. The third-order valence-electron chi connectivity index (χ3n) is 5.05. The average Bonchev–Trinajstić information content (AvgIpc) is 3.26. The number of likely N-dealkylation sites (tertiary alicyclic amines) is 1. The number of aromatic amines is 1. The minimum absolute atomic E-state index is 0.0810. The van der Waals surface area contributed by atoms with Gasteiger partial charge in [0, 0.05) is 43.0 Å². The van der Waals surface area contributed by atoms with E-state index in [1.165, 1.54) is 5.56 Å². The van der Waals surface area contributed by atoms with Crippen LogP contribution in [0.5, 0.6) is 0 Å². The van der Waals surface area contributed by atoms with E-state index in [1.807, 2.05) is 48.7 Å². The highest BCUT2D eigenvalue weighted by Crippen LogP contribution is 2.20. The van der Waals surface area contributed by atoms with Gasteiger partial charge in [-0.05, 0) is 35.6 Å². The van der Waals surface area contributed by atoms with Crippen LogP contribution in [0, 0.1) is 0 Å². The maximum Gasteiger partial charge on any atom is 0.251 e. The summed E-state index contributed by atoms with van der Waals surface area (Å²) in [6.45, 7) is 1.96. The number of benzene rings is 2. The Morgan fingerprint density at radius 3 is 2.88 bits per heavy atom. The van der Waals surface area contributed by atoms with E-state index in [4.69, 9.17) is 0 Å². The van der Waals surface area contributed by atoms with Crippen LogP contribution in [0.2, 0.25) is 0 Å². The second-order valence-corrected chi connectivity index (χ2v) is 6.95. The van der Waals surface area contributed by atoms with Gasteiger partial charge in [0.2, 0.25) is 0 Å². The van der Waals surface area contributed by atoms with Crippen LogP contribution in [0.3, 0.4) is 0 Å². The molecule has 1 aromatic heterocycles. The van der Waals surface area contributed by atoms with Gasteiger partial charge in [-0.25, -0.2) is 0 Å². The standard InChI is InChI=1S/C21H23N3O2/c25-19-11-18(24(14-19)13-15-4-2-1-3-5-15)12-23-21(26)17-7-6-16-8-9-22-20(16)10-17/h1-10,18-19,22,25H,11-14H2,(H,23,26). The van der Waals surface area contributed by atoms with Gasteiger partial charge in [-0.15, -0.1) is 0 Å². The summed E-state index contributed by atoms with van der Waals surface area (Å²) < 4.78 is 0. The smallest absolute Gasteiger partial charge is 0.251 e. The lowest BCUT2D eigenvalue weighted by atomic mass is 10.1. The number of hydrogen-bond acceptors (Lipinski definition) is 3. The van der Waals surface area contributed by atoms with Crippen LogP contribution in [-0.4, -0.2) is 46.1 Å². The summed E-state index contributed by atoms with van der Waals surface area (Å²) in [5, 5.41) is 14.2. The molecule has 1 amide bonds. The van der Waals surface area contributed by atoms with Crippen molar-refractivity contribution in [2.75, 3.05) is 13.1 Å². The number of aliphatic hydroxyl groups is 1. The molecule has 2 atom stereocenters. The zero-order valence-corrected chi connectivity index (χ0v) is 14.6. The van der Waals surface area contributed by atoms with Gasteiger partial charge in [-0.3, -0.25) is 9.69 Å². The molecule has 134 valence electrons. The van der Waals surface area contributed by atoms with Gasteiger partial charge < -0.3 is 15.4 Å². The van der Waals surface area contributed by atoms with Gasteiger partial charge in [0.05, 0.1) is 6.10 Å². The molecule has 5 nitrogen and oxygen atoms in total. The maximum atomic E-state index is 12.5. The van der Waals surface area contributed by atoms with Crippen molar-refractivity contribution in [3.8, 4) is 0 Å². The summed E-state index contributed by atoms with van der Waals surface area (Å²) in [5.41, 5.74) is 2.82. The first kappa shape index (κ1) is 16.8. The molecule has 0 spiro atoms. The lowest BCUT2D eigenvalue weighted by Crippen LogP contribution is -2.39. The first-order chi connectivity index (χ1) is 12.7. The Kier molecular flexibility index (Phi) is 4.73. The Morgan fingerprint density at radius 2 is 2.04 bits per heavy atom. The number of carbonyl (C=O) groups is 1. The minimum atomic E-state index is -0.337. The lowest BCUT2D eigenvalue weighted by Gasteiger charge is -2.24. The fourth-order valence-corrected chi connectivity index (χ4v) is 3.68. The molecular weight excluding hydrogens is 326 g/mol. The van der Waals surface area contributed by atoms with E-state index in [0.29, 0.717) is 25.1 Å². The molecule has 4 rings (SSSR count). The topological polar surface area (TPSA) is 68.4 Å². The molecule has 0 saturated carbocycles. The highest BCUT2D eigenvalue weighted by molar-refractivity contribution is 5.97. The number of amides is 1. The molecule has 0 bridgehead atoms. The van der Waals surface area contributed by atoms with Gasteiger partial charge in [0.15, 0.2) is 0 Å². The van der Waals surface area contributed by atoms with Crippen molar-refractivity contribution < 1.29 is 9.90 Å². The number of nitrogens with one attached hydrogen (secondary N) is 2. The van der Waals surface area contributed by atoms with E-state index < -0.39 is 0 Å². The summed E-state index contributed by atoms with van der Waals surface area (Å²) in [6.07, 6.45) is 2.21. The zero-order valence-electron chi connectivity index (χ0n) is 14.6. The summed E-state index contributed by atoms with van der Waals surface area (Å²) >= 11 is 0. The molecule has 26 heavy (non-hydrogen) atoms. The predicted octanol–water partition coefficient (Wildman–Crippen LogP) is 2.53. The lowest BCUT2D eigenvalue weighted by molar-refractivity contribution is 0.0940. The normalized spacial score (nSPS) is 20.5. The second kappa shape index (κ2) is 7.32. The van der Waals surface area contributed by atoms with Crippen molar-refractivity contribution in [3.05, 3.63) is 71.9 Å². The number of fused-ring (bicyclic) bond motifs is 1. The molecular formula is C21H23N3O2. The molecule has 0 radical (unpaired) electrons. The number of H-pyrrole nitrogens is 1. The summed E-state index contributed by atoms with van der Waals surface area (Å²) in [6, 6.07) is 18.0. The summed E-state index contributed by atoms with van der Waals surface area (Å²) in [5.74, 6) is -0.0810. The number of aromatic nitrogens is 1. The highest BCUT2D eigenvalue weighted by atomic mass is 16.3. The highest BCUT2D eigenvalue weighted by Gasteiger charge is 2.31.